The summed E-state index contributed by atoms with van der Waals surface area (Å²) in [6.45, 7) is -0.239. The van der Waals surface area contributed by atoms with E-state index < -0.39 is 18.8 Å². The molecular formula is C14H16F3NO3. The molecular weight excluding hydrogens is 287 g/mol. The molecule has 0 unspecified atom stereocenters. The summed E-state index contributed by atoms with van der Waals surface area (Å²) in [5.41, 5.74) is 0. The fourth-order valence-corrected chi connectivity index (χ4v) is 2.00. The van der Waals surface area contributed by atoms with Gasteiger partial charge in [-0.25, -0.2) is 0 Å². The van der Waals surface area contributed by atoms with Gasteiger partial charge in [0.25, 0.3) is 0 Å². The van der Waals surface area contributed by atoms with Crippen LogP contribution in [0.1, 0.15) is 6.42 Å². The average molecular weight is 303 g/mol. The number of nitrogens with zero attached hydrogens (tertiary/aromatic N) is 1. The van der Waals surface area contributed by atoms with Gasteiger partial charge in [0.1, 0.15) is 5.75 Å². The number of para-hydroxylation sites is 1. The Hall–Kier alpha value is -1.76. The molecule has 1 aliphatic rings. The molecule has 0 bridgehead atoms. The smallest absolute Gasteiger partial charge is 0.416 e. The standard InChI is InChI=1S/C14H16F3NO3/c15-14(16,17)12-10-18(7-9-21-12)13(19)6-8-20-11-4-2-1-3-5-11/h1-5,12H,6-10H2/t12-/m0/s1. The predicted molar refractivity (Wildman–Crippen MR) is 68.9 cm³/mol. The van der Waals surface area contributed by atoms with Gasteiger partial charge in [-0.05, 0) is 12.1 Å². The molecule has 1 aliphatic heterocycles. The molecule has 116 valence electrons. The molecule has 0 aliphatic carbocycles. The van der Waals surface area contributed by atoms with E-state index in [1.54, 1.807) is 24.3 Å². The predicted octanol–water partition coefficient (Wildman–Crippen LogP) is 2.25. The summed E-state index contributed by atoms with van der Waals surface area (Å²) >= 11 is 0. The Kier molecular flexibility index (Phi) is 5.06. The number of carbonyl (C=O) groups is 1. The molecule has 1 atom stereocenters. The number of hydrogen-bond donors (Lipinski definition) is 0. The molecule has 0 radical (unpaired) electrons. The Morgan fingerprint density at radius 3 is 2.71 bits per heavy atom. The van der Waals surface area contributed by atoms with Gasteiger partial charge < -0.3 is 14.4 Å². The van der Waals surface area contributed by atoms with Crippen LogP contribution in [0.15, 0.2) is 30.3 Å². The summed E-state index contributed by atoms with van der Waals surface area (Å²) in [6.07, 6.45) is -6.30. The lowest BCUT2D eigenvalue weighted by Gasteiger charge is -2.33. The molecule has 7 heteroatoms. The highest BCUT2D eigenvalue weighted by atomic mass is 19.4. The molecule has 21 heavy (non-hydrogen) atoms. The fourth-order valence-electron chi connectivity index (χ4n) is 2.00. The van der Waals surface area contributed by atoms with Gasteiger partial charge in [-0.1, -0.05) is 18.2 Å². The van der Waals surface area contributed by atoms with Crippen LogP contribution in [-0.2, 0) is 9.53 Å². The van der Waals surface area contributed by atoms with Crippen molar-refractivity contribution in [3.63, 3.8) is 0 Å². The number of alkyl halides is 3. The Balaban J connectivity index is 1.78. The van der Waals surface area contributed by atoms with Crippen molar-refractivity contribution in [3.8, 4) is 5.75 Å². The van der Waals surface area contributed by atoms with E-state index in [9.17, 15) is 18.0 Å². The number of halogens is 3. The van der Waals surface area contributed by atoms with Crippen molar-refractivity contribution in [3.05, 3.63) is 30.3 Å². The van der Waals surface area contributed by atoms with Gasteiger partial charge >= 0.3 is 6.18 Å². The van der Waals surface area contributed by atoms with Gasteiger partial charge in [-0.2, -0.15) is 13.2 Å². The van der Waals surface area contributed by atoms with E-state index in [-0.39, 0.29) is 32.1 Å². The first-order valence-electron chi connectivity index (χ1n) is 6.61. The second-order valence-corrected chi connectivity index (χ2v) is 4.65. The topological polar surface area (TPSA) is 38.8 Å². The number of morpholine rings is 1. The minimum absolute atomic E-state index is 0.0411. The summed E-state index contributed by atoms with van der Waals surface area (Å²) in [5, 5.41) is 0. The summed E-state index contributed by atoms with van der Waals surface area (Å²) in [6, 6.07) is 8.93. The molecule has 0 saturated carbocycles. The van der Waals surface area contributed by atoms with E-state index in [1.807, 2.05) is 6.07 Å². The summed E-state index contributed by atoms with van der Waals surface area (Å²) in [5.74, 6) is 0.268. The van der Waals surface area contributed by atoms with Crippen LogP contribution in [0.5, 0.6) is 5.75 Å². The van der Waals surface area contributed by atoms with Crippen LogP contribution >= 0.6 is 0 Å². The molecule has 0 aromatic heterocycles. The van der Waals surface area contributed by atoms with Crippen LogP contribution in [0.25, 0.3) is 0 Å². The van der Waals surface area contributed by atoms with Gasteiger partial charge in [-0.3, -0.25) is 4.79 Å². The van der Waals surface area contributed by atoms with E-state index in [0.29, 0.717) is 5.75 Å². The van der Waals surface area contributed by atoms with Crippen LogP contribution in [0.2, 0.25) is 0 Å². The molecule has 1 heterocycles. The SMILES string of the molecule is O=C(CCOc1ccccc1)N1CCO[C@H](C(F)(F)F)C1. The lowest BCUT2D eigenvalue weighted by atomic mass is 10.2. The van der Waals surface area contributed by atoms with Gasteiger partial charge in [-0.15, -0.1) is 0 Å². The van der Waals surface area contributed by atoms with Crippen LogP contribution < -0.4 is 4.74 Å². The molecule has 1 amide bonds. The third kappa shape index (κ3) is 4.63. The number of rotatable bonds is 4. The van der Waals surface area contributed by atoms with E-state index in [4.69, 9.17) is 4.74 Å². The third-order valence-electron chi connectivity index (χ3n) is 3.11. The lowest BCUT2D eigenvalue weighted by Crippen LogP contribution is -2.51. The minimum atomic E-state index is -4.44. The zero-order valence-corrected chi connectivity index (χ0v) is 11.3. The maximum atomic E-state index is 12.6. The second-order valence-electron chi connectivity index (χ2n) is 4.65. The number of ether oxygens (including phenoxy) is 2. The average Bonchev–Trinajstić information content (AvgIpc) is 2.47. The van der Waals surface area contributed by atoms with Gasteiger partial charge in [0.05, 0.1) is 26.2 Å². The molecule has 2 rings (SSSR count). The van der Waals surface area contributed by atoms with Crippen LogP contribution in [0, 0.1) is 0 Å². The van der Waals surface area contributed by atoms with Crippen molar-refractivity contribution >= 4 is 5.91 Å². The summed E-state index contributed by atoms with van der Waals surface area (Å²) in [4.78, 5) is 13.1. The highest BCUT2D eigenvalue weighted by Crippen LogP contribution is 2.25. The first-order valence-corrected chi connectivity index (χ1v) is 6.61. The van der Waals surface area contributed by atoms with Crippen LogP contribution in [0.4, 0.5) is 13.2 Å². The molecule has 0 spiro atoms. The van der Waals surface area contributed by atoms with Crippen molar-refractivity contribution < 1.29 is 27.4 Å². The van der Waals surface area contributed by atoms with Gasteiger partial charge in [0.2, 0.25) is 5.91 Å². The van der Waals surface area contributed by atoms with Gasteiger partial charge in [0, 0.05) is 6.54 Å². The highest BCUT2D eigenvalue weighted by Gasteiger charge is 2.44. The normalized spacial score (nSPS) is 19.4. The highest BCUT2D eigenvalue weighted by molar-refractivity contribution is 5.76. The summed E-state index contributed by atoms with van der Waals surface area (Å²) < 4.78 is 47.7. The molecule has 1 saturated heterocycles. The van der Waals surface area contributed by atoms with Crippen molar-refractivity contribution in [2.24, 2.45) is 0 Å². The Labute approximate surface area is 120 Å². The zero-order chi connectivity index (χ0) is 15.3. The maximum absolute atomic E-state index is 12.6. The van der Waals surface area contributed by atoms with Crippen molar-refractivity contribution in [1.29, 1.82) is 0 Å². The van der Waals surface area contributed by atoms with Crippen LogP contribution in [-0.4, -0.2) is 49.4 Å². The van der Waals surface area contributed by atoms with Crippen molar-refractivity contribution in [1.82, 2.24) is 4.90 Å². The van der Waals surface area contributed by atoms with Gasteiger partial charge in [0.15, 0.2) is 6.10 Å². The summed E-state index contributed by atoms with van der Waals surface area (Å²) in [7, 11) is 0. The largest absolute Gasteiger partial charge is 0.493 e. The minimum Gasteiger partial charge on any atom is -0.493 e. The first kappa shape index (κ1) is 15.6. The number of benzene rings is 1. The molecule has 1 aromatic carbocycles. The Morgan fingerprint density at radius 2 is 2.05 bits per heavy atom. The van der Waals surface area contributed by atoms with E-state index in [0.717, 1.165) is 0 Å². The number of hydrogen-bond acceptors (Lipinski definition) is 3. The molecule has 1 fully saturated rings. The fraction of sp³-hybridized carbons (Fsp3) is 0.500. The number of carbonyl (C=O) groups excluding carboxylic acids is 1. The lowest BCUT2D eigenvalue weighted by molar-refractivity contribution is -0.236. The molecule has 4 nitrogen and oxygen atoms in total. The van der Waals surface area contributed by atoms with E-state index in [2.05, 4.69) is 4.74 Å². The van der Waals surface area contributed by atoms with E-state index in [1.165, 1.54) is 4.90 Å². The maximum Gasteiger partial charge on any atom is 0.416 e. The Morgan fingerprint density at radius 1 is 1.33 bits per heavy atom. The Bertz CT molecular complexity index is 464. The zero-order valence-electron chi connectivity index (χ0n) is 11.3. The second kappa shape index (κ2) is 6.80. The molecule has 0 N–H and O–H groups in total. The first-order chi connectivity index (χ1) is 9.97. The quantitative estimate of drug-likeness (QED) is 0.856. The molecule has 1 aromatic rings. The number of amides is 1. The third-order valence-corrected chi connectivity index (χ3v) is 3.11. The monoisotopic (exact) mass is 303 g/mol. The van der Waals surface area contributed by atoms with Crippen LogP contribution in [0.3, 0.4) is 0 Å². The van der Waals surface area contributed by atoms with E-state index >= 15 is 0 Å². The van der Waals surface area contributed by atoms with Crippen molar-refractivity contribution in [2.75, 3.05) is 26.3 Å². The van der Waals surface area contributed by atoms with Crippen molar-refractivity contribution in [2.45, 2.75) is 18.7 Å².